The number of rotatable bonds is 4. The molecule has 2 aliphatic heterocycles. The fraction of sp³-hybridized carbons (Fsp3) is 0.364. The quantitative estimate of drug-likeness (QED) is 0.812. The molecule has 2 heterocycles. The lowest BCUT2D eigenvalue weighted by Gasteiger charge is -2.23. The topological polar surface area (TPSA) is 67.9 Å². The number of benzene rings is 2. The van der Waals surface area contributed by atoms with Crippen LogP contribution in [0, 0.1) is 5.82 Å². The van der Waals surface area contributed by atoms with Crippen molar-refractivity contribution in [2.45, 2.75) is 6.42 Å². The van der Waals surface area contributed by atoms with E-state index in [1.165, 1.54) is 23.1 Å². The lowest BCUT2D eigenvalue weighted by molar-refractivity contribution is 0.102. The molecule has 0 atom stereocenters. The molecular formula is C22H26FN5O2. The van der Waals surface area contributed by atoms with Crippen LogP contribution in [0.15, 0.2) is 42.5 Å². The Balaban J connectivity index is 1.45. The van der Waals surface area contributed by atoms with Gasteiger partial charge in [0.1, 0.15) is 5.82 Å². The maximum absolute atomic E-state index is 14.3. The van der Waals surface area contributed by atoms with Gasteiger partial charge in [-0.3, -0.25) is 9.69 Å². The van der Waals surface area contributed by atoms with E-state index in [9.17, 15) is 14.0 Å². The second kappa shape index (κ2) is 8.71. The van der Waals surface area contributed by atoms with Gasteiger partial charge in [0.05, 0.1) is 5.56 Å². The standard InChI is InChI=1S/C22H26FN5O2/c1-26-10-2-11-27(14-13-26)17-5-3-16(4-6-17)25-21(29)19-15-18(7-8-20(19)23)28-12-9-24-22(28)30/h3-8,15H,2,9-14H2,1H3,(H,24,30)(H,25,29). The highest BCUT2D eigenvalue weighted by molar-refractivity contribution is 6.06. The fourth-order valence-corrected chi connectivity index (χ4v) is 3.83. The maximum Gasteiger partial charge on any atom is 0.321 e. The Labute approximate surface area is 175 Å². The monoisotopic (exact) mass is 411 g/mol. The van der Waals surface area contributed by atoms with Gasteiger partial charge in [-0.15, -0.1) is 0 Å². The summed E-state index contributed by atoms with van der Waals surface area (Å²) >= 11 is 0. The van der Waals surface area contributed by atoms with E-state index in [-0.39, 0.29) is 11.6 Å². The third-order valence-electron chi connectivity index (χ3n) is 5.57. The number of hydrogen-bond acceptors (Lipinski definition) is 4. The van der Waals surface area contributed by atoms with Gasteiger partial charge in [0.15, 0.2) is 0 Å². The molecule has 2 fully saturated rings. The van der Waals surface area contributed by atoms with Gasteiger partial charge in [0.25, 0.3) is 5.91 Å². The number of carbonyl (C=O) groups is 2. The van der Waals surface area contributed by atoms with Crippen LogP contribution in [0.1, 0.15) is 16.8 Å². The van der Waals surface area contributed by atoms with E-state index in [1.807, 2.05) is 24.3 Å². The number of nitrogens with zero attached hydrogens (tertiary/aromatic N) is 3. The molecule has 0 spiro atoms. The van der Waals surface area contributed by atoms with Crippen molar-refractivity contribution in [3.8, 4) is 0 Å². The van der Waals surface area contributed by atoms with Crippen molar-refractivity contribution >= 4 is 29.0 Å². The van der Waals surface area contributed by atoms with E-state index in [2.05, 4.69) is 27.5 Å². The highest BCUT2D eigenvalue weighted by Crippen LogP contribution is 2.23. The number of anilines is 3. The zero-order valence-corrected chi connectivity index (χ0v) is 17.0. The van der Waals surface area contributed by atoms with Gasteiger partial charge in [-0.05, 0) is 62.5 Å². The van der Waals surface area contributed by atoms with Crippen molar-refractivity contribution in [2.24, 2.45) is 0 Å². The Kier molecular flexibility index (Phi) is 5.85. The second-order valence-corrected chi connectivity index (χ2v) is 7.69. The highest BCUT2D eigenvalue weighted by atomic mass is 19.1. The van der Waals surface area contributed by atoms with Crippen LogP contribution >= 0.6 is 0 Å². The molecule has 2 saturated heterocycles. The first kappa shape index (κ1) is 20.2. The molecule has 0 saturated carbocycles. The molecule has 2 N–H and O–H groups in total. The molecule has 4 rings (SSSR count). The molecule has 30 heavy (non-hydrogen) atoms. The highest BCUT2D eigenvalue weighted by Gasteiger charge is 2.23. The molecule has 0 radical (unpaired) electrons. The zero-order chi connectivity index (χ0) is 21.1. The van der Waals surface area contributed by atoms with E-state index < -0.39 is 11.7 Å². The van der Waals surface area contributed by atoms with Crippen molar-refractivity contribution in [3.63, 3.8) is 0 Å². The van der Waals surface area contributed by atoms with Crippen LogP contribution in [0.2, 0.25) is 0 Å². The molecule has 0 aliphatic carbocycles. The summed E-state index contributed by atoms with van der Waals surface area (Å²) in [7, 11) is 2.13. The van der Waals surface area contributed by atoms with Crippen LogP contribution in [-0.2, 0) is 0 Å². The Hall–Kier alpha value is -3.13. The molecule has 3 amide bonds. The number of carbonyl (C=O) groups excluding carboxylic acids is 2. The van der Waals surface area contributed by atoms with E-state index in [0.29, 0.717) is 24.5 Å². The van der Waals surface area contributed by atoms with Crippen LogP contribution in [-0.4, -0.2) is 63.2 Å². The Morgan fingerprint density at radius 2 is 1.77 bits per heavy atom. The lowest BCUT2D eigenvalue weighted by atomic mass is 10.1. The first-order valence-electron chi connectivity index (χ1n) is 10.2. The van der Waals surface area contributed by atoms with Crippen molar-refractivity contribution in [2.75, 3.05) is 61.4 Å². The van der Waals surface area contributed by atoms with Gasteiger partial charge in [-0.2, -0.15) is 0 Å². The summed E-state index contributed by atoms with van der Waals surface area (Å²) in [4.78, 5) is 30.7. The van der Waals surface area contributed by atoms with Crippen LogP contribution in [0.3, 0.4) is 0 Å². The van der Waals surface area contributed by atoms with Crippen LogP contribution in [0.4, 0.5) is 26.2 Å². The van der Waals surface area contributed by atoms with Crippen molar-refractivity contribution < 1.29 is 14.0 Å². The summed E-state index contributed by atoms with van der Waals surface area (Å²) < 4.78 is 14.3. The van der Waals surface area contributed by atoms with Crippen LogP contribution < -0.4 is 20.4 Å². The number of halogens is 1. The molecule has 0 aromatic heterocycles. The fourth-order valence-electron chi connectivity index (χ4n) is 3.83. The number of hydrogen-bond donors (Lipinski definition) is 2. The minimum absolute atomic E-state index is 0.0909. The van der Waals surface area contributed by atoms with Gasteiger partial charge in [-0.25, -0.2) is 9.18 Å². The molecule has 2 aromatic carbocycles. The Bertz CT molecular complexity index is 934. The number of urea groups is 1. The predicted octanol–water partition coefficient (Wildman–Crippen LogP) is 2.75. The van der Waals surface area contributed by atoms with E-state index in [4.69, 9.17) is 0 Å². The third kappa shape index (κ3) is 4.38. The first-order chi connectivity index (χ1) is 14.5. The van der Waals surface area contributed by atoms with Gasteiger partial charge >= 0.3 is 6.03 Å². The maximum atomic E-state index is 14.3. The summed E-state index contributed by atoms with van der Waals surface area (Å²) in [5.74, 6) is -1.17. The number of likely N-dealkylation sites (N-methyl/N-ethyl adjacent to an activating group) is 1. The third-order valence-corrected chi connectivity index (χ3v) is 5.57. The smallest absolute Gasteiger partial charge is 0.321 e. The predicted molar refractivity (Wildman–Crippen MR) is 116 cm³/mol. The average molecular weight is 411 g/mol. The SMILES string of the molecule is CN1CCCN(c2ccc(NC(=O)c3cc(N4CCNC4=O)ccc3F)cc2)CC1. The minimum Gasteiger partial charge on any atom is -0.370 e. The summed E-state index contributed by atoms with van der Waals surface area (Å²) in [6.07, 6.45) is 1.11. The minimum atomic E-state index is -0.624. The largest absolute Gasteiger partial charge is 0.370 e. The summed E-state index contributed by atoms with van der Waals surface area (Å²) in [5, 5.41) is 5.45. The molecular weight excluding hydrogens is 385 g/mol. The van der Waals surface area contributed by atoms with Gasteiger partial charge in [0.2, 0.25) is 0 Å². The number of nitrogens with one attached hydrogen (secondary N) is 2. The van der Waals surface area contributed by atoms with Gasteiger partial charge in [0, 0.05) is 49.8 Å². The summed E-state index contributed by atoms with van der Waals surface area (Å²) in [6, 6.07) is 11.5. The summed E-state index contributed by atoms with van der Waals surface area (Å²) in [6.45, 7) is 5.08. The lowest BCUT2D eigenvalue weighted by Crippen LogP contribution is -2.28. The second-order valence-electron chi connectivity index (χ2n) is 7.69. The van der Waals surface area contributed by atoms with Crippen molar-refractivity contribution in [3.05, 3.63) is 53.8 Å². The first-order valence-corrected chi connectivity index (χ1v) is 10.2. The molecule has 0 bridgehead atoms. The van der Waals surface area contributed by atoms with Crippen LogP contribution in [0.25, 0.3) is 0 Å². The molecule has 7 nitrogen and oxygen atoms in total. The molecule has 8 heteroatoms. The molecule has 0 unspecified atom stereocenters. The summed E-state index contributed by atoms with van der Waals surface area (Å²) in [5.41, 5.74) is 2.11. The van der Waals surface area contributed by atoms with Crippen molar-refractivity contribution in [1.82, 2.24) is 10.2 Å². The van der Waals surface area contributed by atoms with E-state index in [1.54, 1.807) is 0 Å². The van der Waals surface area contributed by atoms with E-state index in [0.717, 1.165) is 38.3 Å². The molecule has 2 aromatic rings. The molecule has 2 aliphatic rings. The normalized spacial score (nSPS) is 17.6. The van der Waals surface area contributed by atoms with Crippen LogP contribution in [0.5, 0.6) is 0 Å². The Morgan fingerprint density at radius 3 is 2.50 bits per heavy atom. The average Bonchev–Trinajstić information content (AvgIpc) is 3.05. The number of amides is 3. The van der Waals surface area contributed by atoms with Gasteiger partial charge < -0.3 is 20.4 Å². The molecule has 158 valence electrons. The van der Waals surface area contributed by atoms with E-state index >= 15 is 0 Å². The Morgan fingerprint density at radius 1 is 1.00 bits per heavy atom. The van der Waals surface area contributed by atoms with Crippen molar-refractivity contribution in [1.29, 1.82) is 0 Å². The zero-order valence-electron chi connectivity index (χ0n) is 17.0. The van der Waals surface area contributed by atoms with Gasteiger partial charge in [-0.1, -0.05) is 0 Å².